The van der Waals surface area contributed by atoms with E-state index in [1.54, 1.807) is 0 Å². The SMILES string of the molecule is Cc1ccc(C)c2nc(SCC(=O)N3CCC(C)CC3)c(C#N)cc12. The lowest BCUT2D eigenvalue weighted by Gasteiger charge is -2.30. The van der Waals surface area contributed by atoms with Crippen molar-refractivity contribution < 1.29 is 4.79 Å². The van der Waals surface area contributed by atoms with Crippen molar-refractivity contribution in [3.05, 3.63) is 34.9 Å². The van der Waals surface area contributed by atoms with Gasteiger partial charge >= 0.3 is 0 Å². The molecule has 0 spiro atoms. The number of amides is 1. The van der Waals surface area contributed by atoms with E-state index in [1.165, 1.54) is 11.8 Å². The first kappa shape index (κ1) is 17.8. The summed E-state index contributed by atoms with van der Waals surface area (Å²) < 4.78 is 0. The lowest BCUT2D eigenvalue weighted by Crippen LogP contribution is -2.38. The Balaban J connectivity index is 1.80. The number of likely N-dealkylation sites (tertiary alicyclic amines) is 1. The van der Waals surface area contributed by atoms with Gasteiger partial charge in [-0.05, 0) is 49.8 Å². The van der Waals surface area contributed by atoms with Gasteiger partial charge in [0.15, 0.2) is 0 Å². The van der Waals surface area contributed by atoms with Crippen molar-refractivity contribution in [3.63, 3.8) is 0 Å². The van der Waals surface area contributed by atoms with Gasteiger partial charge in [0.25, 0.3) is 0 Å². The third-order valence-corrected chi connectivity index (χ3v) is 5.93. The number of hydrogen-bond acceptors (Lipinski definition) is 4. The molecule has 130 valence electrons. The number of pyridine rings is 1. The van der Waals surface area contributed by atoms with Crippen LogP contribution in [0.1, 0.15) is 36.5 Å². The average molecular weight is 353 g/mol. The van der Waals surface area contributed by atoms with E-state index < -0.39 is 0 Å². The monoisotopic (exact) mass is 353 g/mol. The zero-order valence-corrected chi connectivity index (χ0v) is 15.8. The van der Waals surface area contributed by atoms with Crippen molar-refractivity contribution in [2.75, 3.05) is 18.8 Å². The predicted octanol–water partition coefficient (Wildman–Crippen LogP) is 4.07. The van der Waals surface area contributed by atoms with Crippen LogP contribution in [0.25, 0.3) is 10.9 Å². The number of aromatic nitrogens is 1. The molecule has 0 unspecified atom stereocenters. The molecule has 0 atom stereocenters. The van der Waals surface area contributed by atoms with Gasteiger partial charge in [-0.1, -0.05) is 30.8 Å². The third kappa shape index (κ3) is 3.80. The van der Waals surface area contributed by atoms with Crippen LogP contribution in [0.5, 0.6) is 0 Å². The molecule has 1 aliphatic rings. The normalized spacial score (nSPS) is 15.4. The van der Waals surface area contributed by atoms with Crippen LogP contribution in [-0.2, 0) is 4.79 Å². The molecule has 1 aromatic carbocycles. The number of hydrogen-bond donors (Lipinski definition) is 0. The van der Waals surface area contributed by atoms with E-state index in [9.17, 15) is 10.1 Å². The summed E-state index contributed by atoms with van der Waals surface area (Å²) in [5, 5.41) is 11.1. The molecule has 0 radical (unpaired) electrons. The first-order chi connectivity index (χ1) is 12.0. The Morgan fingerprint density at radius 2 is 2.00 bits per heavy atom. The molecule has 1 aliphatic heterocycles. The quantitative estimate of drug-likeness (QED) is 0.781. The van der Waals surface area contributed by atoms with E-state index in [0.717, 1.165) is 48.0 Å². The van der Waals surface area contributed by atoms with Gasteiger partial charge in [0, 0.05) is 18.5 Å². The Morgan fingerprint density at radius 3 is 2.68 bits per heavy atom. The molecule has 2 heterocycles. The molecule has 0 aliphatic carbocycles. The Morgan fingerprint density at radius 1 is 1.32 bits per heavy atom. The lowest BCUT2D eigenvalue weighted by molar-refractivity contribution is -0.129. The molecular formula is C20H23N3OS. The fraction of sp³-hybridized carbons (Fsp3) is 0.450. The molecule has 0 saturated carbocycles. The summed E-state index contributed by atoms with van der Waals surface area (Å²) in [7, 11) is 0. The van der Waals surface area contributed by atoms with Crippen LogP contribution in [-0.4, -0.2) is 34.6 Å². The topological polar surface area (TPSA) is 57.0 Å². The van der Waals surface area contributed by atoms with Crippen molar-refractivity contribution in [1.82, 2.24) is 9.88 Å². The summed E-state index contributed by atoms with van der Waals surface area (Å²) in [6.07, 6.45) is 2.15. The molecule has 0 N–H and O–H groups in total. The molecule has 1 fully saturated rings. The number of piperidine rings is 1. The number of carbonyl (C=O) groups is 1. The van der Waals surface area contributed by atoms with Crippen LogP contribution >= 0.6 is 11.8 Å². The Bertz CT molecular complexity index is 848. The van der Waals surface area contributed by atoms with Crippen molar-refractivity contribution in [2.45, 2.75) is 38.6 Å². The maximum Gasteiger partial charge on any atom is 0.232 e. The van der Waals surface area contributed by atoms with Gasteiger partial charge in [0.1, 0.15) is 11.1 Å². The molecule has 3 rings (SSSR count). The number of fused-ring (bicyclic) bond motifs is 1. The second kappa shape index (κ2) is 7.45. The van der Waals surface area contributed by atoms with Crippen molar-refractivity contribution in [1.29, 1.82) is 5.26 Å². The average Bonchev–Trinajstić information content (AvgIpc) is 2.62. The first-order valence-corrected chi connectivity index (χ1v) is 9.69. The van der Waals surface area contributed by atoms with E-state index in [0.29, 0.717) is 22.3 Å². The number of thioether (sulfide) groups is 1. The number of nitriles is 1. The molecular weight excluding hydrogens is 330 g/mol. The highest BCUT2D eigenvalue weighted by molar-refractivity contribution is 8.00. The van der Waals surface area contributed by atoms with Gasteiger partial charge < -0.3 is 4.90 Å². The molecule has 2 aromatic rings. The van der Waals surface area contributed by atoms with Crippen LogP contribution in [0.3, 0.4) is 0 Å². The second-order valence-electron chi connectivity index (χ2n) is 6.90. The maximum absolute atomic E-state index is 12.5. The number of benzene rings is 1. The van der Waals surface area contributed by atoms with E-state index >= 15 is 0 Å². The minimum Gasteiger partial charge on any atom is -0.342 e. The molecule has 0 bridgehead atoms. The number of nitrogens with zero attached hydrogens (tertiary/aromatic N) is 3. The summed E-state index contributed by atoms with van der Waals surface area (Å²) in [4.78, 5) is 19.1. The van der Waals surface area contributed by atoms with E-state index in [-0.39, 0.29) is 5.91 Å². The van der Waals surface area contributed by atoms with E-state index in [4.69, 9.17) is 4.98 Å². The summed E-state index contributed by atoms with van der Waals surface area (Å²) >= 11 is 1.38. The van der Waals surface area contributed by atoms with Gasteiger partial charge in [-0.15, -0.1) is 0 Å². The Kier molecular flexibility index (Phi) is 5.29. The maximum atomic E-state index is 12.5. The predicted molar refractivity (Wildman–Crippen MR) is 102 cm³/mol. The van der Waals surface area contributed by atoms with Crippen molar-refractivity contribution in [3.8, 4) is 6.07 Å². The van der Waals surface area contributed by atoms with Crippen LogP contribution in [0.4, 0.5) is 0 Å². The van der Waals surface area contributed by atoms with Crippen molar-refractivity contribution in [2.24, 2.45) is 5.92 Å². The van der Waals surface area contributed by atoms with Gasteiger partial charge in [-0.2, -0.15) is 5.26 Å². The third-order valence-electron chi connectivity index (χ3n) is 4.96. The number of rotatable bonds is 3. The minimum atomic E-state index is 0.142. The number of aryl methyl sites for hydroxylation is 2. The van der Waals surface area contributed by atoms with Gasteiger partial charge in [0.05, 0.1) is 16.8 Å². The molecule has 4 nitrogen and oxygen atoms in total. The second-order valence-corrected chi connectivity index (χ2v) is 7.86. The summed E-state index contributed by atoms with van der Waals surface area (Å²) in [6.45, 7) is 7.97. The van der Waals surface area contributed by atoms with Crippen LogP contribution in [0.15, 0.2) is 23.2 Å². The van der Waals surface area contributed by atoms with Crippen LogP contribution in [0.2, 0.25) is 0 Å². The highest BCUT2D eigenvalue weighted by Gasteiger charge is 2.21. The van der Waals surface area contributed by atoms with Gasteiger partial charge in [0.2, 0.25) is 5.91 Å². The lowest BCUT2D eigenvalue weighted by atomic mass is 9.99. The molecule has 25 heavy (non-hydrogen) atoms. The van der Waals surface area contributed by atoms with Crippen LogP contribution < -0.4 is 0 Å². The van der Waals surface area contributed by atoms with Crippen molar-refractivity contribution >= 4 is 28.6 Å². The summed E-state index contributed by atoms with van der Waals surface area (Å²) in [5.41, 5.74) is 3.66. The smallest absolute Gasteiger partial charge is 0.232 e. The zero-order valence-electron chi connectivity index (χ0n) is 15.0. The minimum absolute atomic E-state index is 0.142. The zero-order chi connectivity index (χ0) is 18.0. The molecule has 5 heteroatoms. The molecule has 1 aromatic heterocycles. The highest BCUT2D eigenvalue weighted by atomic mass is 32.2. The number of carbonyl (C=O) groups excluding carboxylic acids is 1. The van der Waals surface area contributed by atoms with Gasteiger partial charge in [-0.25, -0.2) is 4.98 Å². The first-order valence-electron chi connectivity index (χ1n) is 8.71. The molecule has 1 saturated heterocycles. The van der Waals surface area contributed by atoms with Crippen LogP contribution in [0, 0.1) is 31.1 Å². The van der Waals surface area contributed by atoms with E-state index in [1.807, 2.05) is 36.9 Å². The van der Waals surface area contributed by atoms with E-state index in [2.05, 4.69) is 13.0 Å². The fourth-order valence-corrected chi connectivity index (χ4v) is 4.04. The largest absolute Gasteiger partial charge is 0.342 e. The summed E-state index contributed by atoms with van der Waals surface area (Å²) in [6, 6.07) is 8.23. The molecule has 1 amide bonds. The Labute approximate surface area is 153 Å². The Hall–Kier alpha value is -2.06. The summed E-state index contributed by atoms with van der Waals surface area (Å²) in [5.74, 6) is 1.19. The van der Waals surface area contributed by atoms with Gasteiger partial charge in [-0.3, -0.25) is 4.79 Å². The standard InChI is InChI=1S/C20H23N3OS/c1-13-6-8-23(9-7-13)18(24)12-25-20-16(11-21)10-17-14(2)4-5-15(3)19(17)22-20/h4-5,10,13H,6-9,12H2,1-3H3. The fourth-order valence-electron chi connectivity index (χ4n) is 3.19. The highest BCUT2D eigenvalue weighted by Crippen LogP contribution is 2.28.